The van der Waals surface area contributed by atoms with Crippen molar-refractivity contribution in [3.8, 4) is 0 Å². The number of likely N-dealkylation sites (tertiary alicyclic amines) is 1. The number of aliphatic carboxylic acids is 1. The Bertz CT molecular complexity index is 643. The van der Waals surface area contributed by atoms with E-state index < -0.39 is 11.9 Å². The van der Waals surface area contributed by atoms with E-state index in [0.29, 0.717) is 25.2 Å². The molecule has 0 aliphatic carbocycles. The number of hydrogen-bond acceptors (Lipinski definition) is 3. The number of amides is 3. The van der Waals surface area contributed by atoms with Crippen LogP contribution in [-0.2, 0) is 4.79 Å². The molecule has 2 fully saturated rings. The van der Waals surface area contributed by atoms with Crippen LogP contribution >= 0.6 is 0 Å². The number of anilines is 1. The highest BCUT2D eigenvalue weighted by Crippen LogP contribution is 2.25. The van der Waals surface area contributed by atoms with Crippen LogP contribution in [0.3, 0.4) is 0 Å². The van der Waals surface area contributed by atoms with Gasteiger partial charge in [-0.25, -0.2) is 4.79 Å². The topological polar surface area (TPSA) is 90.0 Å². The quantitative estimate of drug-likeness (QED) is 0.870. The first-order chi connectivity index (χ1) is 11.0. The maximum absolute atomic E-state index is 12.5. The van der Waals surface area contributed by atoms with E-state index in [-0.39, 0.29) is 24.4 Å². The number of benzene rings is 1. The number of urea groups is 1. The van der Waals surface area contributed by atoms with Crippen LogP contribution in [0.15, 0.2) is 24.3 Å². The highest BCUT2D eigenvalue weighted by Gasteiger charge is 2.37. The number of nitrogens with one attached hydrogen (secondary N) is 1. The SMILES string of the molecule is C[C@@H]1CN(C(=O)c2ccc(N3CCNC3=O)cc2)C[C@H]1C(=O)O. The molecule has 23 heavy (non-hydrogen) atoms. The first kappa shape index (κ1) is 15.3. The van der Waals surface area contributed by atoms with Gasteiger partial charge in [0.05, 0.1) is 5.92 Å². The maximum Gasteiger partial charge on any atom is 0.321 e. The van der Waals surface area contributed by atoms with Crippen molar-refractivity contribution in [3.63, 3.8) is 0 Å². The number of nitrogens with zero attached hydrogens (tertiary/aromatic N) is 2. The van der Waals surface area contributed by atoms with E-state index in [1.165, 1.54) is 0 Å². The summed E-state index contributed by atoms with van der Waals surface area (Å²) in [6, 6.07) is 6.71. The van der Waals surface area contributed by atoms with E-state index >= 15 is 0 Å². The standard InChI is InChI=1S/C16H19N3O4/c1-10-8-18(9-13(10)15(21)22)14(20)11-2-4-12(5-3-11)19-7-6-17-16(19)23/h2-5,10,13H,6-9H2,1H3,(H,17,23)(H,21,22)/t10-,13-/m1/s1. The van der Waals surface area contributed by atoms with Crippen molar-refractivity contribution < 1.29 is 19.5 Å². The average molecular weight is 317 g/mol. The van der Waals surface area contributed by atoms with Gasteiger partial charge in [0.1, 0.15) is 0 Å². The van der Waals surface area contributed by atoms with Crippen molar-refractivity contribution in [2.24, 2.45) is 11.8 Å². The lowest BCUT2D eigenvalue weighted by molar-refractivity contribution is -0.142. The second kappa shape index (κ2) is 5.91. The highest BCUT2D eigenvalue weighted by atomic mass is 16.4. The number of rotatable bonds is 3. The van der Waals surface area contributed by atoms with Crippen molar-refractivity contribution in [2.75, 3.05) is 31.1 Å². The third-order valence-electron chi connectivity index (χ3n) is 4.50. The summed E-state index contributed by atoms with van der Waals surface area (Å²) in [5.41, 5.74) is 1.25. The number of carbonyl (C=O) groups is 3. The van der Waals surface area contributed by atoms with Crippen LogP contribution in [0, 0.1) is 11.8 Å². The molecule has 0 unspecified atom stereocenters. The molecule has 122 valence electrons. The van der Waals surface area contributed by atoms with Gasteiger partial charge in [0, 0.05) is 37.4 Å². The summed E-state index contributed by atoms with van der Waals surface area (Å²) in [4.78, 5) is 38.5. The van der Waals surface area contributed by atoms with E-state index in [2.05, 4.69) is 5.32 Å². The largest absolute Gasteiger partial charge is 0.481 e. The van der Waals surface area contributed by atoms with Crippen LogP contribution in [0.4, 0.5) is 10.5 Å². The minimum absolute atomic E-state index is 0.0518. The molecule has 7 heteroatoms. The molecule has 2 N–H and O–H groups in total. The first-order valence-corrected chi connectivity index (χ1v) is 7.65. The summed E-state index contributed by atoms with van der Waals surface area (Å²) in [5, 5.41) is 11.9. The third-order valence-corrected chi connectivity index (χ3v) is 4.50. The lowest BCUT2D eigenvalue weighted by atomic mass is 9.99. The number of hydrogen-bond donors (Lipinski definition) is 2. The van der Waals surface area contributed by atoms with E-state index in [9.17, 15) is 14.4 Å². The predicted molar refractivity (Wildman–Crippen MR) is 83.4 cm³/mol. The van der Waals surface area contributed by atoms with Crippen LogP contribution in [0.1, 0.15) is 17.3 Å². The van der Waals surface area contributed by atoms with Gasteiger partial charge in [-0.15, -0.1) is 0 Å². The summed E-state index contributed by atoms with van der Waals surface area (Å²) in [6.45, 7) is 3.76. The lowest BCUT2D eigenvalue weighted by Gasteiger charge is -2.18. The van der Waals surface area contributed by atoms with Crippen molar-refractivity contribution in [1.82, 2.24) is 10.2 Å². The molecule has 2 heterocycles. The molecule has 3 rings (SSSR count). The van der Waals surface area contributed by atoms with Crippen LogP contribution in [-0.4, -0.2) is 54.1 Å². The van der Waals surface area contributed by atoms with Gasteiger partial charge in [-0.2, -0.15) is 0 Å². The number of carboxylic acids is 1. The predicted octanol–water partition coefficient (Wildman–Crippen LogP) is 1.01. The molecule has 2 aliphatic heterocycles. The van der Waals surface area contributed by atoms with E-state index in [4.69, 9.17) is 5.11 Å². The Hall–Kier alpha value is -2.57. The first-order valence-electron chi connectivity index (χ1n) is 7.65. The molecule has 0 saturated carbocycles. The fourth-order valence-electron chi connectivity index (χ4n) is 3.14. The molecule has 0 bridgehead atoms. The number of carboxylic acid groups (broad SMARTS) is 1. The summed E-state index contributed by atoms with van der Waals surface area (Å²) in [5.74, 6) is -1.59. The Morgan fingerprint density at radius 3 is 2.43 bits per heavy atom. The maximum atomic E-state index is 12.5. The molecular weight excluding hydrogens is 298 g/mol. The zero-order valence-electron chi connectivity index (χ0n) is 12.9. The molecule has 7 nitrogen and oxygen atoms in total. The van der Waals surface area contributed by atoms with Crippen LogP contribution in [0.2, 0.25) is 0 Å². The van der Waals surface area contributed by atoms with Gasteiger partial charge in [-0.05, 0) is 30.2 Å². The molecule has 0 spiro atoms. The van der Waals surface area contributed by atoms with Gasteiger partial charge in [-0.3, -0.25) is 14.5 Å². The summed E-state index contributed by atoms with van der Waals surface area (Å²) < 4.78 is 0. The van der Waals surface area contributed by atoms with E-state index in [0.717, 1.165) is 5.69 Å². The van der Waals surface area contributed by atoms with Gasteiger partial charge in [-0.1, -0.05) is 6.92 Å². The summed E-state index contributed by atoms with van der Waals surface area (Å²) >= 11 is 0. The Morgan fingerprint density at radius 1 is 1.22 bits per heavy atom. The van der Waals surface area contributed by atoms with Gasteiger partial charge < -0.3 is 15.3 Å². The molecule has 0 aromatic heterocycles. The third kappa shape index (κ3) is 2.86. The van der Waals surface area contributed by atoms with Crippen LogP contribution in [0.5, 0.6) is 0 Å². The summed E-state index contributed by atoms with van der Waals surface area (Å²) in [6.07, 6.45) is 0. The fraction of sp³-hybridized carbons (Fsp3) is 0.438. The highest BCUT2D eigenvalue weighted by molar-refractivity contribution is 5.97. The molecular formula is C16H19N3O4. The van der Waals surface area contributed by atoms with Gasteiger partial charge >= 0.3 is 12.0 Å². The average Bonchev–Trinajstić information content (AvgIpc) is 3.12. The van der Waals surface area contributed by atoms with E-state index in [1.54, 1.807) is 34.1 Å². The van der Waals surface area contributed by atoms with Gasteiger partial charge in [0.2, 0.25) is 0 Å². The van der Waals surface area contributed by atoms with Crippen LogP contribution in [0.25, 0.3) is 0 Å². The molecule has 2 saturated heterocycles. The monoisotopic (exact) mass is 317 g/mol. The Balaban J connectivity index is 1.71. The zero-order valence-corrected chi connectivity index (χ0v) is 12.9. The molecule has 2 atom stereocenters. The van der Waals surface area contributed by atoms with Crippen molar-refractivity contribution in [3.05, 3.63) is 29.8 Å². The zero-order chi connectivity index (χ0) is 16.6. The Kier molecular flexibility index (Phi) is 3.94. The van der Waals surface area contributed by atoms with E-state index in [1.807, 2.05) is 6.92 Å². The number of carbonyl (C=O) groups excluding carboxylic acids is 2. The smallest absolute Gasteiger partial charge is 0.321 e. The fourth-order valence-corrected chi connectivity index (χ4v) is 3.14. The van der Waals surface area contributed by atoms with Gasteiger partial charge in [0.25, 0.3) is 5.91 Å². The molecule has 0 radical (unpaired) electrons. The van der Waals surface area contributed by atoms with Crippen molar-refractivity contribution >= 4 is 23.6 Å². The van der Waals surface area contributed by atoms with Crippen molar-refractivity contribution in [2.45, 2.75) is 6.92 Å². The Morgan fingerprint density at radius 2 is 1.91 bits per heavy atom. The second-order valence-corrected chi connectivity index (χ2v) is 6.06. The lowest BCUT2D eigenvalue weighted by Crippen LogP contribution is -2.30. The summed E-state index contributed by atoms with van der Waals surface area (Å²) in [7, 11) is 0. The minimum atomic E-state index is -0.858. The van der Waals surface area contributed by atoms with Crippen LogP contribution < -0.4 is 10.2 Å². The van der Waals surface area contributed by atoms with Gasteiger partial charge in [0.15, 0.2) is 0 Å². The minimum Gasteiger partial charge on any atom is -0.481 e. The molecule has 3 amide bonds. The molecule has 1 aromatic rings. The van der Waals surface area contributed by atoms with Crippen molar-refractivity contribution in [1.29, 1.82) is 0 Å². The Labute approximate surface area is 133 Å². The molecule has 1 aromatic carbocycles. The second-order valence-electron chi connectivity index (χ2n) is 6.06. The molecule has 2 aliphatic rings. The normalized spacial score (nSPS) is 24.0.